The van der Waals surface area contributed by atoms with Gasteiger partial charge in [-0.2, -0.15) is 4.39 Å². The summed E-state index contributed by atoms with van der Waals surface area (Å²) in [5, 5.41) is 3.25. The Bertz CT molecular complexity index is 916. The molecule has 5 nitrogen and oxygen atoms in total. The van der Waals surface area contributed by atoms with Gasteiger partial charge in [-0.25, -0.2) is 19.3 Å². The fourth-order valence-electron chi connectivity index (χ4n) is 2.46. The molecule has 7 heteroatoms. The molecule has 0 aliphatic rings. The molecule has 2 heterocycles. The number of pyridine rings is 1. The number of nitrogens with one attached hydrogen (secondary N) is 1. The molecule has 0 bridgehead atoms. The predicted molar refractivity (Wildman–Crippen MR) is 97.4 cm³/mol. The van der Waals surface area contributed by atoms with Gasteiger partial charge in [-0.3, -0.25) is 0 Å². The average Bonchev–Trinajstić information content (AvgIpc) is 2.70. The molecule has 3 rings (SSSR count). The van der Waals surface area contributed by atoms with Gasteiger partial charge in [0, 0.05) is 49.2 Å². The van der Waals surface area contributed by atoms with Crippen LogP contribution in [0.4, 0.5) is 8.78 Å². The van der Waals surface area contributed by atoms with Gasteiger partial charge in [0.05, 0.1) is 0 Å². The van der Waals surface area contributed by atoms with E-state index < -0.39 is 11.6 Å². The van der Waals surface area contributed by atoms with Crippen LogP contribution in [0.25, 0.3) is 0 Å². The largest absolute Gasteiger partial charge is 0.435 e. The standard InChI is InChI=1S/C20H20F2N4O/c1-3-17-25-10-14(11-26-17)9-23-12-15-5-4-8-24-20(15)27-16-7-6-13(2)18(21)19(16)22/h4-8,10-11,23H,3,9,12H2,1-2H3. The minimum atomic E-state index is -1.02. The van der Waals surface area contributed by atoms with Gasteiger partial charge >= 0.3 is 0 Å². The maximum absolute atomic E-state index is 14.1. The van der Waals surface area contributed by atoms with Crippen LogP contribution in [0.15, 0.2) is 42.9 Å². The van der Waals surface area contributed by atoms with Crippen molar-refractivity contribution in [3.05, 3.63) is 77.0 Å². The van der Waals surface area contributed by atoms with Gasteiger partial charge in [-0.15, -0.1) is 0 Å². The number of aromatic nitrogens is 3. The van der Waals surface area contributed by atoms with E-state index in [0.29, 0.717) is 13.1 Å². The van der Waals surface area contributed by atoms with E-state index in [0.717, 1.165) is 23.4 Å². The Morgan fingerprint density at radius 2 is 1.78 bits per heavy atom. The second kappa shape index (κ2) is 8.64. The number of nitrogens with zero attached hydrogens (tertiary/aromatic N) is 3. The summed E-state index contributed by atoms with van der Waals surface area (Å²) in [5.41, 5.74) is 1.90. The fourth-order valence-corrected chi connectivity index (χ4v) is 2.46. The van der Waals surface area contributed by atoms with Crippen molar-refractivity contribution in [1.29, 1.82) is 0 Å². The van der Waals surface area contributed by atoms with Gasteiger partial charge in [0.15, 0.2) is 11.6 Å². The number of ether oxygens (including phenoxy) is 1. The minimum Gasteiger partial charge on any atom is -0.435 e. The lowest BCUT2D eigenvalue weighted by Crippen LogP contribution is -2.14. The second-order valence-corrected chi connectivity index (χ2v) is 6.04. The van der Waals surface area contributed by atoms with Gasteiger partial charge in [-0.05, 0) is 24.6 Å². The third kappa shape index (κ3) is 4.62. The Morgan fingerprint density at radius 3 is 2.52 bits per heavy atom. The number of aryl methyl sites for hydroxylation is 2. The van der Waals surface area contributed by atoms with Crippen molar-refractivity contribution >= 4 is 0 Å². The summed E-state index contributed by atoms with van der Waals surface area (Å²) in [6, 6.07) is 6.43. The summed E-state index contributed by atoms with van der Waals surface area (Å²) in [6.07, 6.45) is 5.90. The summed E-state index contributed by atoms with van der Waals surface area (Å²) in [6.45, 7) is 4.50. The normalized spacial score (nSPS) is 10.8. The van der Waals surface area contributed by atoms with Gasteiger partial charge in [0.25, 0.3) is 0 Å². The SMILES string of the molecule is CCc1ncc(CNCc2cccnc2Oc2ccc(C)c(F)c2F)cn1. The van der Waals surface area contributed by atoms with E-state index in [1.54, 1.807) is 24.7 Å². The van der Waals surface area contributed by atoms with E-state index in [1.165, 1.54) is 19.1 Å². The zero-order chi connectivity index (χ0) is 19.2. The molecule has 140 valence electrons. The molecule has 0 aliphatic heterocycles. The summed E-state index contributed by atoms with van der Waals surface area (Å²) in [5.74, 6) is -1.10. The van der Waals surface area contributed by atoms with E-state index in [9.17, 15) is 8.78 Å². The molecular formula is C20H20F2N4O. The van der Waals surface area contributed by atoms with Gasteiger partial charge in [-0.1, -0.05) is 19.1 Å². The Labute approximate surface area is 156 Å². The monoisotopic (exact) mass is 370 g/mol. The maximum Gasteiger partial charge on any atom is 0.223 e. The molecule has 27 heavy (non-hydrogen) atoms. The quantitative estimate of drug-likeness (QED) is 0.678. The first-order valence-electron chi connectivity index (χ1n) is 8.65. The topological polar surface area (TPSA) is 59.9 Å². The molecule has 0 saturated heterocycles. The lowest BCUT2D eigenvalue weighted by Gasteiger charge is -2.12. The lowest BCUT2D eigenvalue weighted by molar-refractivity contribution is 0.399. The molecule has 1 aromatic carbocycles. The first-order chi connectivity index (χ1) is 13.1. The van der Waals surface area contributed by atoms with Crippen LogP contribution < -0.4 is 10.1 Å². The molecule has 0 atom stereocenters. The summed E-state index contributed by atoms with van der Waals surface area (Å²) < 4.78 is 33.3. The van der Waals surface area contributed by atoms with E-state index in [1.807, 2.05) is 13.0 Å². The number of rotatable bonds is 7. The molecule has 3 aromatic rings. The predicted octanol–water partition coefficient (Wildman–Crippen LogP) is 4.10. The zero-order valence-electron chi connectivity index (χ0n) is 15.2. The summed E-state index contributed by atoms with van der Waals surface area (Å²) in [4.78, 5) is 12.7. The summed E-state index contributed by atoms with van der Waals surface area (Å²) >= 11 is 0. The average molecular weight is 370 g/mol. The Balaban J connectivity index is 1.68. The van der Waals surface area contributed by atoms with Crippen LogP contribution in [0.2, 0.25) is 0 Å². The smallest absolute Gasteiger partial charge is 0.223 e. The molecule has 0 aliphatic carbocycles. The van der Waals surface area contributed by atoms with Crippen molar-refractivity contribution in [2.75, 3.05) is 0 Å². The first-order valence-corrected chi connectivity index (χ1v) is 8.65. The maximum atomic E-state index is 14.1. The third-order valence-corrected chi connectivity index (χ3v) is 4.02. The number of hydrogen-bond donors (Lipinski definition) is 1. The highest BCUT2D eigenvalue weighted by atomic mass is 19.2. The molecular weight excluding hydrogens is 350 g/mol. The second-order valence-electron chi connectivity index (χ2n) is 6.04. The highest BCUT2D eigenvalue weighted by Crippen LogP contribution is 2.28. The van der Waals surface area contributed by atoms with E-state index in [2.05, 4.69) is 20.3 Å². The van der Waals surface area contributed by atoms with Crippen LogP contribution >= 0.6 is 0 Å². The highest BCUT2D eigenvalue weighted by molar-refractivity contribution is 5.35. The number of benzene rings is 1. The Kier molecular flexibility index (Phi) is 6.03. The van der Waals surface area contributed by atoms with Crippen LogP contribution in [-0.2, 0) is 19.5 Å². The molecule has 1 N–H and O–H groups in total. The van der Waals surface area contributed by atoms with E-state index >= 15 is 0 Å². The van der Waals surface area contributed by atoms with Crippen LogP contribution in [0, 0.1) is 18.6 Å². The van der Waals surface area contributed by atoms with Crippen LogP contribution in [-0.4, -0.2) is 15.0 Å². The van der Waals surface area contributed by atoms with E-state index in [-0.39, 0.29) is 17.2 Å². The molecule has 0 fully saturated rings. The third-order valence-electron chi connectivity index (χ3n) is 4.02. The minimum absolute atomic E-state index is 0.193. The van der Waals surface area contributed by atoms with Gasteiger partial charge in [0.1, 0.15) is 5.82 Å². The van der Waals surface area contributed by atoms with Crippen LogP contribution in [0.1, 0.15) is 29.4 Å². The zero-order valence-corrected chi connectivity index (χ0v) is 15.2. The summed E-state index contributed by atoms with van der Waals surface area (Å²) in [7, 11) is 0. The Morgan fingerprint density at radius 1 is 1.00 bits per heavy atom. The Hall–Kier alpha value is -2.93. The van der Waals surface area contributed by atoms with Crippen molar-refractivity contribution in [2.45, 2.75) is 33.4 Å². The van der Waals surface area contributed by atoms with E-state index in [4.69, 9.17) is 4.74 Å². The molecule has 0 radical (unpaired) electrons. The van der Waals surface area contributed by atoms with Gasteiger partial charge in [0.2, 0.25) is 11.7 Å². The fraction of sp³-hybridized carbons (Fsp3) is 0.250. The van der Waals surface area contributed by atoms with Crippen molar-refractivity contribution in [3.63, 3.8) is 0 Å². The first kappa shape index (κ1) is 18.8. The molecule has 0 spiro atoms. The molecule has 0 unspecified atom stereocenters. The van der Waals surface area contributed by atoms with Crippen molar-refractivity contribution < 1.29 is 13.5 Å². The molecule has 2 aromatic heterocycles. The highest BCUT2D eigenvalue weighted by Gasteiger charge is 2.15. The van der Waals surface area contributed by atoms with Crippen LogP contribution in [0.5, 0.6) is 11.6 Å². The van der Waals surface area contributed by atoms with Crippen molar-refractivity contribution in [3.8, 4) is 11.6 Å². The molecule has 0 amide bonds. The van der Waals surface area contributed by atoms with Crippen LogP contribution in [0.3, 0.4) is 0 Å². The number of hydrogen-bond acceptors (Lipinski definition) is 5. The number of halogens is 2. The molecule has 0 saturated carbocycles. The van der Waals surface area contributed by atoms with Gasteiger partial charge < -0.3 is 10.1 Å². The lowest BCUT2D eigenvalue weighted by atomic mass is 10.2. The van der Waals surface area contributed by atoms with Crippen molar-refractivity contribution in [1.82, 2.24) is 20.3 Å². The van der Waals surface area contributed by atoms with Crippen molar-refractivity contribution in [2.24, 2.45) is 0 Å².